The van der Waals surface area contributed by atoms with Crippen molar-refractivity contribution in [2.75, 3.05) is 39.9 Å². The Labute approximate surface area is 153 Å². The first-order chi connectivity index (χ1) is 12.5. The molecule has 0 saturated carbocycles. The van der Waals surface area contributed by atoms with Gasteiger partial charge in [-0.2, -0.15) is 0 Å². The number of benzene rings is 2. The average molecular weight is 357 g/mol. The molecule has 26 heavy (non-hydrogen) atoms. The van der Waals surface area contributed by atoms with Gasteiger partial charge in [0.25, 0.3) is 5.91 Å². The molecule has 2 aromatic rings. The molecule has 0 atom stereocenters. The molecule has 0 aromatic heterocycles. The summed E-state index contributed by atoms with van der Waals surface area (Å²) in [6.07, 6.45) is 0. The van der Waals surface area contributed by atoms with E-state index >= 15 is 0 Å². The van der Waals surface area contributed by atoms with E-state index in [2.05, 4.69) is 6.58 Å². The van der Waals surface area contributed by atoms with E-state index in [4.69, 9.17) is 18.9 Å². The predicted molar refractivity (Wildman–Crippen MR) is 101 cm³/mol. The summed E-state index contributed by atoms with van der Waals surface area (Å²) in [5, 5.41) is 0. The monoisotopic (exact) mass is 357 g/mol. The second-order valence-electron chi connectivity index (χ2n) is 5.40. The van der Waals surface area contributed by atoms with Crippen LogP contribution in [-0.2, 0) is 4.79 Å². The van der Waals surface area contributed by atoms with Crippen LogP contribution >= 0.6 is 0 Å². The first-order valence-electron chi connectivity index (χ1n) is 7.94. The number of hydrogen-bond donors (Lipinski definition) is 0. The van der Waals surface area contributed by atoms with Gasteiger partial charge in [-0.15, -0.1) is 0 Å². The minimum Gasteiger partial charge on any atom is -0.497 e. The van der Waals surface area contributed by atoms with Gasteiger partial charge in [-0.05, 0) is 12.1 Å². The van der Waals surface area contributed by atoms with Crippen molar-refractivity contribution in [3.8, 4) is 23.0 Å². The zero-order chi connectivity index (χ0) is 19.1. The van der Waals surface area contributed by atoms with Crippen LogP contribution in [0.2, 0.25) is 0 Å². The van der Waals surface area contributed by atoms with E-state index in [0.717, 1.165) is 5.75 Å². The maximum absolute atomic E-state index is 11.6. The number of carbonyl (C=O) groups excluding carboxylic acids is 1. The van der Waals surface area contributed by atoms with Crippen LogP contribution in [0.5, 0.6) is 23.0 Å². The van der Waals surface area contributed by atoms with Crippen molar-refractivity contribution in [1.29, 1.82) is 0 Å². The standard InChI is InChI=1S/C13H15NO4.C7H8O/c1-8-7-14(13(8)15)9-5-10(16-2)12(18-4)11(6-9)17-3;1-8-7-5-3-2-4-6-7/h5-6H,1,7H2,2-4H3;2-6H,1H3. The van der Waals surface area contributed by atoms with Crippen LogP contribution in [0.25, 0.3) is 0 Å². The molecular weight excluding hydrogens is 334 g/mol. The second-order valence-corrected chi connectivity index (χ2v) is 5.40. The van der Waals surface area contributed by atoms with Gasteiger partial charge in [-0.3, -0.25) is 4.79 Å². The topological polar surface area (TPSA) is 57.2 Å². The van der Waals surface area contributed by atoms with Crippen molar-refractivity contribution in [2.24, 2.45) is 0 Å². The highest BCUT2D eigenvalue weighted by Gasteiger charge is 2.31. The smallest absolute Gasteiger partial charge is 0.255 e. The molecule has 1 amide bonds. The van der Waals surface area contributed by atoms with Crippen LogP contribution in [-0.4, -0.2) is 40.9 Å². The first kappa shape index (κ1) is 19.2. The van der Waals surface area contributed by atoms with Crippen LogP contribution in [0, 0.1) is 0 Å². The fourth-order valence-corrected chi connectivity index (χ4v) is 2.42. The van der Waals surface area contributed by atoms with Crippen LogP contribution in [0.15, 0.2) is 54.6 Å². The number of anilines is 1. The van der Waals surface area contributed by atoms with Gasteiger partial charge in [0, 0.05) is 17.7 Å². The zero-order valence-electron chi connectivity index (χ0n) is 15.4. The molecule has 0 spiro atoms. The molecule has 0 N–H and O–H groups in total. The summed E-state index contributed by atoms with van der Waals surface area (Å²) >= 11 is 0. The van der Waals surface area contributed by atoms with E-state index in [-0.39, 0.29) is 5.91 Å². The number of nitrogens with zero attached hydrogens (tertiary/aromatic N) is 1. The second kappa shape index (κ2) is 8.80. The van der Waals surface area contributed by atoms with Crippen molar-refractivity contribution in [1.82, 2.24) is 0 Å². The molecule has 1 aliphatic rings. The van der Waals surface area contributed by atoms with Crippen molar-refractivity contribution >= 4 is 11.6 Å². The average Bonchev–Trinajstić information content (AvgIpc) is 2.71. The van der Waals surface area contributed by atoms with Crippen LogP contribution in [0.3, 0.4) is 0 Å². The van der Waals surface area contributed by atoms with Crippen LogP contribution < -0.4 is 23.8 Å². The number of methoxy groups -OCH3 is 4. The highest BCUT2D eigenvalue weighted by atomic mass is 16.5. The van der Waals surface area contributed by atoms with Crippen molar-refractivity contribution in [3.05, 3.63) is 54.6 Å². The number of carbonyl (C=O) groups is 1. The number of para-hydroxylation sites is 1. The van der Waals surface area contributed by atoms with E-state index in [1.54, 1.807) is 24.1 Å². The molecule has 3 rings (SSSR count). The molecule has 1 saturated heterocycles. The third kappa shape index (κ3) is 4.08. The van der Waals surface area contributed by atoms with E-state index in [0.29, 0.717) is 35.1 Å². The van der Waals surface area contributed by atoms with Crippen molar-refractivity contribution in [3.63, 3.8) is 0 Å². The Morgan fingerprint density at radius 2 is 1.46 bits per heavy atom. The summed E-state index contributed by atoms with van der Waals surface area (Å²) in [4.78, 5) is 13.2. The maximum atomic E-state index is 11.6. The highest BCUT2D eigenvalue weighted by Crippen LogP contribution is 2.42. The summed E-state index contributed by atoms with van der Waals surface area (Å²) in [6.45, 7) is 4.18. The maximum Gasteiger partial charge on any atom is 0.255 e. The Kier molecular flexibility index (Phi) is 6.49. The lowest BCUT2D eigenvalue weighted by Gasteiger charge is -2.33. The third-order valence-electron chi connectivity index (χ3n) is 3.84. The Bertz CT molecular complexity index is 748. The van der Waals surface area contributed by atoms with Gasteiger partial charge in [0.1, 0.15) is 5.75 Å². The molecular formula is C20H23NO5. The van der Waals surface area contributed by atoms with Gasteiger partial charge >= 0.3 is 0 Å². The molecule has 6 nitrogen and oxygen atoms in total. The summed E-state index contributed by atoms with van der Waals surface area (Å²) in [5.41, 5.74) is 1.31. The minimum absolute atomic E-state index is 0.0794. The molecule has 1 fully saturated rings. The number of rotatable bonds is 5. The molecule has 0 unspecified atom stereocenters. The van der Waals surface area contributed by atoms with E-state index < -0.39 is 0 Å². The summed E-state index contributed by atoms with van der Waals surface area (Å²) in [7, 11) is 6.28. The number of β-lactam (4-membered cyclic amide) rings is 1. The summed E-state index contributed by atoms with van der Waals surface area (Å²) in [5.74, 6) is 2.39. The molecule has 138 valence electrons. The quantitative estimate of drug-likeness (QED) is 0.607. The van der Waals surface area contributed by atoms with Gasteiger partial charge in [0.15, 0.2) is 11.5 Å². The van der Waals surface area contributed by atoms with E-state index in [1.807, 2.05) is 30.3 Å². The SMILES string of the molecule is C=C1CN(c2cc(OC)c(OC)c(OC)c2)C1=O.COc1ccccc1. The van der Waals surface area contributed by atoms with Crippen molar-refractivity contribution in [2.45, 2.75) is 0 Å². The molecule has 2 aromatic carbocycles. The number of hydrogen-bond acceptors (Lipinski definition) is 5. The van der Waals surface area contributed by atoms with Gasteiger partial charge in [0.05, 0.1) is 40.7 Å². The third-order valence-corrected chi connectivity index (χ3v) is 3.84. The highest BCUT2D eigenvalue weighted by molar-refractivity contribution is 6.13. The Hall–Kier alpha value is -3.15. The normalized spacial score (nSPS) is 12.5. The van der Waals surface area contributed by atoms with E-state index in [9.17, 15) is 4.79 Å². The molecule has 6 heteroatoms. The van der Waals surface area contributed by atoms with Crippen LogP contribution in [0.1, 0.15) is 0 Å². The Morgan fingerprint density at radius 1 is 0.885 bits per heavy atom. The fourth-order valence-electron chi connectivity index (χ4n) is 2.42. The zero-order valence-corrected chi connectivity index (χ0v) is 15.4. The molecule has 0 bridgehead atoms. The fraction of sp³-hybridized carbons (Fsp3) is 0.250. The lowest BCUT2D eigenvalue weighted by molar-refractivity contribution is -0.117. The lowest BCUT2D eigenvalue weighted by atomic mass is 10.1. The Morgan fingerprint density at radius 3 is 1.81 bits per heavy atom. The summed E-state index contributed by atoms with van der Waals surface area (Å²) < 4.78 is 20.6. The van der Waals surface area contributed by atoms with Gasteiger partial charge in [-0.1, -0.05) is 24.8 Å². The molecule has 0 radical (unpaired) electrons. The van der Waals surface area contributed by atoms with Crippen molar-refractivity contribution < 1.29 is 23.7 Å². The predicted octanol–water partition coefficient (Wildman–Crippen LogP) is 3.31. The van der Waals surface area contributed by atoms with Gasteiger partial charge < -0.3 is 23.8 Å². The number of amides is 1. The minimum atomic E-state index is -0.0794. The summed E-state index contributed by atoms with van der Waals surface area (Å²) in [6, 6.07) is 13.2. The number of ether oxygens (including phenoxy) is 4. The Balaban J connectivity index is 0.000000254. The lowest BCUT2D eigenvalue weighted by Crippen LogP contribution is -2.45. The molecule has 0 aliphatic carbocycles. The largest absolute Gasteiger partial charge is 0.497 e. The molecule has 1 heterocycles. The van der Waals surface area contributed by atoms with Gasteiger partial charge in [-0.25, -0.2) is 0 Å². The van der Waals surface area contributed by atoms with Gasteiger partial charge in [0.2, 0.25) is 5.75 Å². The van der Waals surface area contributed by atoms with E-state index in [1.165, 1.54) is 21.3 Å². The van der Waals surface area contributed by atoms with Crippen LogP contribution in [0.4, 0.5) is 5.69 Å². The molecule has 1 aliphatic heterocycles. The first-order valence-corrected chi connectivity index (χ1v) is 7.94.